The van der Waals surface area contributed by atoms with Gasteiger partial charge in [0.2, 0.25) is 5.91 Å². The summed E-state index contributed by atoms with van der Waals surface area (Å²) in [4.78, 5) is 31.6. The van der Waals surface area contributed by atoms with Crippen molar-refractivity contribution in [2.45, 2.75) is 17.9 Å². The topological polar surface area (TPSA) is 59.5 Å². The highest BCUT2D eigenvalue weighted by Gasteiger charge is 2.24. The van der Waals surface area contributed by atoms with Crippen LogP contribution in [0.4, 0.5) is 5.69 Å². The van der Waals surface area contributed by atoms with Gasteiger partial charge in [-0.15, -0.1) is 23.1 Å². The number of fused-ring (bicyclic) bond motifs is 1. The predicted octanol–water partition coefficient (Wildman–Crippen LogP) is 4.38. The lowest BCUT2D eigenvalue weighted by Crippen LogP contribution is -2.37. The van der Waals surface area contributed by atoms with Crippen molar-refractivity contribution in [1.82, 2.24) is 4.98 Å². The number of benzene rings is 2. The average Bonchev–Trinajstić information content (AvgIpc) is 3.21. The van der Waals surface area contributed by atoms with Gasteiger partial charge < -0.3 is 9.64 Å². The van der Waals surface area contributed by atoms with Gasteiger partial charge >= 0.3 is 5.97 Å². The van der Waals surface area contributed by atoms with Crippen molar-refractivity contribution in [2.75, 3.05) is 17.2 Å². The SMILES string of the molecule is O=C(CCN1C(=O)CSc2ccccc21)OCc1csc(-c2ccccc2)n1. The number of hydrogen-bond acceptors (Lipinski definition) is 6. The van der Waals surface area contributed by atoms with E-state index in [1.165, 1.54) is 23.1 Å². The second kappa shape index (κ2) is 8.58. The zero-order valence-electron chi connectivity index (χ0n) is 15.0. The molecular weight excluding hydrogens is 392 g/mol. The molecular formula is C21H18N2O3S2. The highest BCUT2D eigenvalue weighted by Crippen LogP contribution is 2.34. The van der Waals surface area contributed by atoms with E-state index in [0.29, 0.717) is 12.3 Å². The van der Waals surface area contributed by atoms with E-state index in [0.717, 1.165) is 26.8 Å². The van der Waals surface area contributed by atoms with E-state index in [2.05, 4.69) is 4.98 Å². The van der Waals surface area contributed by atoms with Crippen molar-refractivity contribution >= 4 is 40.7 Å². The molecule has 3 aromatic rings. The molecule has 5 nitrogen and oxygen atoms in total. The number of thioether (sulfide) groups is 1. The van der Waals surface area contributed by atoms with Crippen molar-refractivity contribution in [1.29, 1.82) is 0 Å². The third-order valence-corrected chi connectivity index (χ3v) is 6.29. The zero-order valence-corrected chi connectivity index (χ0v) is 16.7. The molecule has 0 saturated heterocycles. The lowest BCUT2D eigenvalue weighted by molar-refractivity contribution is -0.144. The summed E-state index contributed by atoms with van der Waals surface area (Å²) in [5.74, 6) is 0.0777. The van der Waals surface area contributed by atoms with Gasteiger partial charge in [0.25, 0.3) is 0 Å². The van der Waals surface area contributed by atoms with E-state index in [-0.39, 0.29) is 24.9 Å². The number of anilines is 1. The third kappa shape index (κ3) is 4.26. The first-order chi connectivity index (χ1) is 13.7. The number of hydrogen-bond donors (Lipinski definition) is 0. The smallest absolute Gasteiger partial charge is 0.307 e. The van der Waals surface area contributed by atoms with Crippen molar-refractivity contribution in [3.63, 3.8) is 0 Å². The van der Waals surface area contributed by atoms with Crippen LogP contribution in [0.1, 0.15) is 12.1 Å². The van der Waals surface area contributed by atoms with Crippen LogP contribution in [0.3, 0.4) is 0 Å². The maximum Gasteiger partial charge on any atom is 0.307 e. The summed E-state index contributed by atoms with van der Waals surface area (Å²) in [5.41, 5.74) is 2.64. The Hall–Kier alpha value is -2.64. The van der Waals surface area contributed by atoms with Gasteiger partial charge in [-0.2, -0.15) is 0 Å². The molecule has 1 aliphatic heterocycles. The molecule has 0 spiro atoms. The maximum atomic E-state index is 12.2. The van der Waals surface area contributed by atoms with Gasteiger partial charge in [0.1, 0.15) is 11.6 Å². The first-order valence-corrected chi connectivity index (χ1v) is 10.7. The number of thiazole rings is 1. The Labute approximate surface area is 171 Å². The van der Waals surface area contributed by atoms with Gasteiger partial charge in [-0.3, -0.25) is 9.59 Å². The number of amides is 1. The minimum atomic E-state index is -0.335. The number of rotatable bonds is 6. The second-order valence-corrected chi connectivity index (χ2v) is 8.10. The summed E-state index contributed by atoms with van der Waals surface area (Å²) < 4.78 is 5.35. The molecule has 0 bridgehead atoms. The molecule has 0 saturated carbocycles. The van der Waals surface area contributed by atoms with Gasteiger partial charge in [-0.25, -0.2) is 4.98 Å². The number of ether oxygens (including phenoxy) is 1. The average molecular weight is 411 g/mol. The molecule has 1 amide bonds. The Balaban J connectivity index is 1.31. The Morgan fingerprint density at radius 2 is 1.89 bits per heavy atom. The van der Waals surface area contributed by atoms with Gasteiger partial charge in [0, 0.05) is 22.4 Å². The van der Waals surface area contributed by atoms with Crippen LogP contribution in [-0.4, -0.2) is 29.2 Å². The fourth-order valence-corrected chi connectivity index (χ4v) is 4.66. The molecule has 0 aliphatic carbocycles. The molecule has 1 aromatic heterocycles. The van der Waals surface area contributed by atoms with Gasteiger partial charge in [0.15, 0.2) is 0 Å². The lowest BCUT2D eigenvalue weighted by Gasteiger charge is -2.28. The Morgan fingerprint density at radius 1 is 1.11 bits per heavy atom. The molecule has 0 unspecified atom stereocenters. The monoisotopic (exact) mass is 410 g/mol. The van der Waals surface area contributed by atoms with Crippen molar-refractivity contribution in [3.8, 4) is 10.6 Å². The van der Waals surface area contributed by atoms with E-state index in [9.17, 15) is 9.59 Å². The summed E-state index contributed by atoms with van der Waals surface area (Å²) >= 11 is 3.05. The molecule has 28 heavy (non-hydrogen) atoms. The summed E-state index contributed by atoms with van der Waals surface area (Å²) in [6.07, 6.45) is 0.153. The number of esters is 1. The van der Waals surface area contributed by atoms with Crippen molar-refractivity contribution in [2.24, 2.45) is 0 Å². The highest BCUT2D eigenvalue weighted by atomic mass is 32.2. The molecule has 2 aromatic carbocycles. The van der Waals surface area contributed by atoms with Crippen LogP contribution in [0.25, 0.3) is 10.6 Å². The molecule has 7 heteroatoms. The molecule has 1 aliphatic rings. The van der Waals surface area contributed by atoms with Crippen LogP contribution in [0.2, 0.25) is 0 Å². The van der Waals surface area contributed by atoms with Crippen LogP contribution in [0.15, 0.2) is 64.9 Å². The summed E-state index contributed by atoms with van der Waals surface area (Å²) in [6, 6.07) is 17.6. The number of carbonyl (C=O) groups is 2. The normalized spacial score (nSPS) is 13.3. The number of nitrogens with zero attached hydrogens (tertiary/aromatic N) is 2. The quantitative estimate of drug-likeness (QED) is 0.565. The summed E-state index contributed by atoms with van der Waals surface area (Å²) in [6.45, 7) is 0.462. The Morgan fingerprint density at radius 3 is 2.75 bits per heavy atom. The maximum absolute atomic E-state index is 12.2. The predicted molar refractivity (Wildman–Crippen MR) is 111 cm³/mol. The fourth-order valence-electron chi connectivity index (χ4n) is 2.92. The Bertz CT molecular complexity index is 988. The summed E-state index contributed by atoms with van der Waals surface area (Å²) in [5, 5.41) is 2.80. The molecule has 0 radical (unpaired) electrons. The first kappa shape index (κ1) is 18.7. The number of aromatic nitrogens is 1. The largest absolute Gasteiger partial charge is 0.459 e. The zero-order chi connectivity index (χ0) is 19.3. The molecule has 0 atom stereocenters. The minimum absolute atomic E-state index is 0.0171. The van der Waals surface area contributed by atoms with E-state index < -0.39 is 0 Å². The minimum Gasteiger partial charge on any atom is -0.459 e. The Kier molecular flexibility index (Phi) is 5.73. The first-order valence-electron chi connectivity index (χ1n) is 8.88. The lowest BCUT2D eigenvalue weighted by atomic mass is 10.2. The molecule has 0 N–H and O–H groups in total. The highest BCUT2D eigenvalue weighted by molar-refractivity contribution is 8.00. The van der Waals surface area contributed by atoms with Gasteiger partial charge in [-0.1, -0.05) is 42.5 Å². The van der Waals surface area contributed by atoms with Crippen LogP contribution < -0.4 is 4.90 Å². The van der Waals surface area contributed by atoms with Gasteiger partial charge in [0.05, 0.1) is 23.6 Å². The van der Waals surface area contributed by atoms with Crippen molar-refractivity contribution < 1.29 is 14.3 Å². The molecule has 142 valence electrons. The standard InChI is InChI=1S/C21H18N2O3S2/c24-19-14-27-18-9-5-4-8-17(18)23(19)11-10-20(25)26-12-16-13-28-21(22-16)15-6-2-1-3-7-15/h1-9,13H,10-12,14H2. The van der Waals surface area contributed by atoms with Gasteiger partial charge in [-0.05, 0) is 12.1 Å². The molecule has 0 fully saturated rings. The van der Waals surface area contributed by atoms with Crippen LogP contribution in [0, 0.1) is 0 Å². The van der Waals surface area contributed by atoms with E-state index in [4.69, 9.17) is 4.74 Å². The second-order valence-electron chi connectivity index (χ2n) is 6.22. The third-order valence-electron chi connectivity index (χ3n) is 4.30. The van der Waals surface area contributed by atoms with Crippen LogP contribution in [-0.2, 0) is 20.9 Å². The van der Waals surface area contributed by atoms with E-state index >= 15 is 0 Å². The fraction of sp³-hybridized carbons (Fsp3) is 0.190. The number of para-hydroxylation sites is 1. The van der Waals surface area contributed by atoms with Crippen LogP contribution in [0.5, 0.6) is 0 Å². The van der Waals surface area contributed by atoms with Crippen LogP contribution >= 0.6 is 23.1 Å². The molecule has 2 heterocycles. The molecule has 4 rings (SSSR count). The number of carbonyl (C=O) groups excluding carboxylic acids is 2. The van der Waals surface area contributed by atoms with E-state index in [1.54, 1.807) is 4.90 Å². The van der Waals surface area contributed by atoms with E-state index in [1.807, 2.05) is 60.0 Å². The van der Waals surface area contributed by atoms with Crippen molar-refractivity contribution in [3.05, 3.63) is 65.7 Å². The summed E-state index contributed by atoms with van der Waals surface area (Å²) in [7, 11) is 0.